The van der Waals surface area contributed by atoms with Crippen LogP contribution in [0.25, 0.3) is 0 Å². The fourth-order valence-electron chi connectivity index (χ4n) is 1.02. The van der Waals surface area contributed by atoms with Gasteiger partial charge in [-0.3, -0.25) is 0 Å². The van der Waals surface area contributed by atoms with Crippen molar-refractivity contribution >= 4 is 34.9 Å². The number of hydrogen-bond donors (Lipinski definition) is 0. The van der Waals surface area contributed by atoms with E-state index in [1.807, 2.05) is 0 Å². The number of rotatable bonds is 4. The molecule has 0 aliphatic heterocycles. The van der Waals surface area contributed by atoms with Gasteiger partial charge in [0.25, 0.3) is 0 Å². The van der Waals surface area contributed by atoms with Gasteiger partial charge in [0.1, 0.15) is 6.07 Å². The number of hydrogen-bond acceptors (Lipinski definition) is 1. The molecule has 0 amide bonds. The third kappa shape index (κ3) is 2.70. The summed E-state index contributed by atoms with van der Waals surface area (Å²) in [6.45, 7) is 14.5. The highest BCUT2D eigenvalue weighted by Gasteiger charge is 2.45. The minimum Gasteiger partial charge on any atom is -0.407 e. The Morgan fingerprint density at radius 3 is 1.83 bits per heavy atom. The Balaban J connectivity index is 4.50. The van der Waals surface area contributed by atoms with Gasteiger partial charge in [0.2, 0.25) is 0 Å². The summed E-state index contributed by atoms with van der Waals surface area (Å²) in [6, 6.07) is 0.386. The molecule has 0 atom stereocenters. The van der Waals surface area contributed by atoms with Gasteiger partial charge in [-0.05, 0) is 13.1 Å². The van der Waals surface area contributed by atoms with Gasteiger partial charge in [0.15, 0.2) is 7.83 Å². The predicted molar refractivity (Wildman–Crippen MR) is 65.6 cm³/mol. The van der Waals surface area contributed by atoms with Gasteiger partial charge in [0.05, 0.1) is 7.11 Å². The molecule has 0 aromatic rings. The summed E-state index contributed by atoms with van der Waals surface area (Å²) in [4.78, 5) is 0. The molecular weight excluding hydrogens is 220 g/mol. The summed E-state index contributed by atoms with van der Waals surface area (Å²) in [6.07, 6.45) is 0. The molecule has 0 radical (unpaired) electrons. The summed E-state index contributed by atoms with van der Waals surface area (Å²) >= 11 is 5.65. The van der Waals surface area contributed by atoms with Gasteiger partial charge in [-0.25, -0.2) is 0 Å². The lowest BCUT2D eigenvalue weighted by Gasteiger charge is -2.39. The highest BCUT2D eigenvalue weighted by atomic mass is 35.5. The Morgan fingerprint density at radius 2 is 1.58 bits per heavy atom. The van der Waals surface area contributed by atoms with Gasteiger partial charge < -0.3 is 4.43 Å². The molecule has 0 rings (SSSR count). The number of halogens is 1. The molecule has 0 unspecified atom stereocenters. The van der Waals surface area contributed by atoms with E-state index < -0.39 is 23.3 Å². The third-order valence-corrected chi connectivity index (χ3v) is 40.4. The second-order valence-corrected chi connectivity index (χ2v) is 30.9. The summed E-state index contributed by atoms with van der Waals surface area (Å²) in [5.41, 5.74) is 0. The Bertz CT molecular complexity index is 148. The second-order valence-electron chi connectivity index (χ2n) is 4.64. The highest BCUT2D eigenvalue weighted by molar-refractivity contribution is 7.62. The van der Waals surface area contributed by atoms with E-state index in [1.54, 1.807) is 0 Å². The van der Waals surface area contributed by atoms with E-state index in [2.05, 4.69) is 39.3 Å². The van der Waals surface area contributed by atoms with E-state index in [-0.39, 0.29) is 0 Å². The van der Waals surface area contributed by atoms with Crippen molar-refractivity contribution in [1.29, 1.82) is 0 Å². The van der Waals surface area contributed by atoms with Crippen LogP contribution in [0.5, 0.6) is 0 Å². The minimum atomic E-state index is -1.43. The van der Waals surface area contributed by atoms with Crippen molar-refractivity contribution in [2.45, 2.75) is 39.3 Å². The molecule has 0 aromatic carbocycles. The van der Waals surface area contributed by atoms with Crippen LogP contribution in [-0.4, -0.2) is 29.3 Å². The molecule has 74 valence electrons. The van der Waals surface area contributed by atoms with Gasteiger partial charge in [-0.1, -0.05) is 37.8 Å². The Labute approximate surface area is 84.8 Å². The van der Waals surface area contributed by atoms with Crippen LogP contribution in [0, 0.1) is 0 Å². The molecule has 0 N–H and O–H groups in total. The first-order chi connectivity index (χ1) is 5.25. The van der Waals surface area contributed by atoms with Crippen LogP contribution in [0.3, 0.4) is 0 Å². The van der Waals surface area contributed by atoms with Crippen LogP contribution in [-0.2, 0) is 4.43 Å². The number of alkyl halides is 1. The van der Waals surface area contributed by atoms with Gasteiger partial charge in [0, 0.05) is 8.31 Å². The molecule has 5 heteroatoms. The summed E-state index contributed by atoms with van der Waals surface area (Å²) < 4.78 is 5.76. The molecule has 0 fully saturated rings. The zero-order valence-electron chi connectivity index (χ0n) is 9.07. The van der Waals surface area contributed by atoms with E-state index in [0.717, 1.165) is 0 Å². The molecule has 0 aromatic heterocycles. The summed E-state index contributed by atoms with van der Waals surface area (Å²) in [5, 5.41) is 0. The fourth-order valence-corrected chi connectivity index (χ4v) is 22.9. The first kappa shape index (κ1) is 12.9. The molecule has 0 saturated heterocycles. The van der Waals surface area contributed by atoms with E-state index in [9.17, 15) is 0 Å². The molecule has 0 bridgehead atoms. The van der Waals surface area contributed by atoms with Crippen molar-refractivity contribution in [3.05, 3.63) is 0 Å². The highest BCUT2D eigenvalue weighted by Crippen LogP contribution is 2.23. The molecule has 0 aliphatic rings. The van der Waals surface area contributed by atoms with Gasteiger partial charge >= 0.3 is 0 Å². The average molecular weight is 241 g/mol. The van der Waals surface area contributed by atoms with Crippen molar-refractivity contribution in [3.63, 3.8) is 0 Å². The van der Waals surface area contributed by atoms with Gasteiger partial charge in [-0.2, -0.15) is 0 Å². The van der Waals surface area contributed by atoms with Crippen LogP contribution in [0.2, 0.25) is 39.3 Å². The monoisotopic (exact) mass is 240 g/mol. The van der Waals surface area contributed by atoms with Crippen LogP contribution in [0.1, 0.15) is 0 Å². The fraction of sp³-hybridized carbons (Fsp3) is 1.00. The quantitative estimate of drug-likeness (QED) is 0.543. The maximum atomic E-state index is 5.76. The third-order valence-electron chi connectivity index (χ3n) is 3.41. The van der Waals surface area contributed by atoms with Crippen molar-refractivity contribution in [2.75, 3.05) is 6.07 Å². The first-order valence-corrected chi connectivity index (χ1v) is 16.0. The Morgan fingerprint density at radius 1 is 1.17 bits per heavy atom. The molecule has 1 nitrogen and oxygen atoms in total. The Kier molecular flexibility index (Phi) is 4.74. The molecular formula is C7H21ClOSi3. The standard InChI is InChI=1S/C7H21ClOSi3/c1-10(2)12(5,6)11(3,4)9-7-8/h10H,7H2,1-6H3. The molecule has 12 heavy (non-hydrogen) atoms. The lowest BCUT2D eigenvalue weighted by molar-refractivity contribution is 0.392. The van der Waals surface area contributed by atoms with Crippen LogP contribution >= 0.6 is 11.6 Å². The van der Waals surface area contributed by atoms with Gasteiger partial charge in [-0.15, -0.1) is 0 Å². The lowest BCUT2D eigenvalue weighted by Crippen LogP contribution is -2.64. The van der Waals surface area contributed by atoms with E-state index in [4.69, 9.17) is 16.0 Å². The van der Waals surface area contributed by atoms with Crippen LogP contribution < -0.4 is 0 Å². The molecule has 0 heterocycles. The van der Waals surface area contributed by atoms with Crippen molar-refractivity contribution < 1.29 is 4.43 Å². The molecule has 0 saturated carbocycles. The van der Waals surface area contributed by atoms with Crippen LogP contribution in [0.15, 0.2) is 0 Å². The molecule has 0 spiro atoms. The summed E-state index contributed by atoms with van der Waals surface area (Å²) in [5.74, 6) is 0. The second kappa shape index (κ2) is 4.41. The Hall–Kier alpha value is 0.901. The molecule has 0 aliphatic carbocycles. The van der Waals surface area contributed by atoms with Crippen molar-refractivity contribution in [2.24, 2.45) is 0 Å². The predicted octanol–water partition coefficient (Wildman–Crippen LogP) is 2.76. The van der Waals surface area contributed by atoms with Crippen LogP contribution in [0.4, 0.5) is 0 Å². The zero-order valence-corrected chi connectivity index (χ0v) is 13.0. The summed E-state index contributed by atoms with van der Waals surface area (Å²) in [7, 11) is -3.00. The van der Waals surface area contributed by atoms with Crippen molar-refractivity contribution in [1.82, 2.24) is 0 Å². The van der Waals surface area contributed by atoms with E-state index >= 15 is 0 Å². The first-order valence-electron chi connectivity index (χ1n) is 4.45. The topological polar surface area (TPSA) is 9.23 Å². The maximum absolute atomic E-state index is 5.76. The zero-order chi connectivity index (χ0) is 9.99. The normalized spacial score (nSPS) is 14.0. The minimum absolute atomic E-state index is 0.386. The smallest absolute Gasteiger partial charge is 0.172 e. The van der Waals surface area contributed by atoms with E-state index in [1.165, 1.54) is 0 Å². The maximum Gasteiger partial charge on any atom is 0.172 e. The van der Waals surface area contributed by atoms with E-state index in [0.29, 0.717) is 6.07 Å². The average Bonchev–Trinajstić information content (AvgIpc) is 1.86. The lowest BCUT2D eigenvalue weighted by atomic mass is 11.7. The van der Waals surface area contributed by atoms with Crippen molar-refractivity contribution in [3.8, 4) is 0 Å². The largest absolute Gasteiger partial charge is 0.407 e. The SMILES string of the molecule is C[SiH](C)[Si](C)(C)[Si](C)(C)OCCl.